The monoisotopic (exact) mass is 550 g/mol. The zero-order valence-corrected chi connectivity index (χ0v) is 23.3. The van der Waals surface area contributed by atoms with Crippen molar-refractivity contribution >= 4 is 46.0 Å². The first-order chi connectivity index (χ1) is 18.4. The maximum absolute atomic E-state index is 13.4. The Bertz CT molecular complexity index is 1370. The van der Waals surface area contributed by atoms with Crippen LogP contribution in [-0.2, 0) is 4.79 Å². The smallest absolute Gasteiger partial charge is 0.311 e. The van der Waals surface area contributed by atoms with E-state index in [1.807, 2.05) is 36.5 Å². The molecular weight excluding hydrogens is 520 g/mol. The third kappa shape index (κ3) is 5.97. The summed E-state index contributed by atoms with van der Waals surface area (Å²) in [6.45, 7) is 4.92. The van der Waals surface area contributed by atoms with Gasteiger partial charge in [0.15, 0.2) is 5.75 Å². The lowest BCUT2D eigenvalue weighted by atomic mass is 9.99. The van der Waals surface area contributed by atoms with Gasteiger partial charge in [-0.2, -0.15) is 5.10 Å². The summed E-state index contributed by atoms with van der Waals surface area (Å²) in [6.07, 6.45) is 7.90. The van der Waals surface area contributed by atoms with Gasteiger partial charge in [-0.15, -0.1) is 0 Å². The van der Waals surface area contributed by atoms with Gasteiger partial charge in [0, 0.05) is 29.9 Å². The molecule has 1 aliphatic heterocycles. The Morgan fingerprint density at radius 1 is 1.21 bits per heavy atom. The fourth-order valence-electron chi connectivity index (χ4n) is 4.38. The van der Waals surface area contributed by atoms with Gasteiger partial charge in [-0.05, 0) is 42.7 Å². The highest BCUT2D eigenvalue weighted by atomic mass is 32.2. The van der Waals surface area contributed by atoms with Crippen LogP contribution in [0, 0.1) is 16.0 Å². The molecule has 0 spiro atoms. The molecule has 8 nitrogen and oxygen atoms in total. The van der Waals surface area contributed by atoms with Gasteiger partial charge < -0.3 is 4.74 Å². The van der Waals surface area contributed by atoms with Gasteiger partial charge in [0.1, 0.15) is 10.0 Å². The average molecular weight is 551 g/mol. The van der Waals surface area contributed by atoms with Crippen LogP contribution in [0.4, 0.5) is 5.69 Å². The molecule has 0 radical (unpaired) electrons. The minimum absolute atomic E-state index is 0.117. The van der Waals surface area contributed by atoms with Crippen molar-refractivity contribution in [2.24, 2.45) is 5.92 Å². The van der Waals surface area contributed by atoms with Crippen molar-refractivity contribution in [2.45, 2.75) is 39.5 Å². The molecule has 198 valence electrons. The number of ether oxygens (including phenoxy) is 1. The average Bonchev–Trinajstić information content (AvgIpc) is 3.47. The third-order valence-corrected chi connectivity index (χ3v) is 7.93. The zero-order valence-electron chi connectivity index (χ0n) is 21.6. The number of amides is 1. The van der Waals surface area contributed by atoms with Crippen molar-refractivity contribution in [3.63, 3.8) is 0 Å². The number of unbranched alkanes of at least 4 members (excludes halogenated alkanes) is 1. The third-order valence-electron chi connectivity index (χ3n) is 6.56. The Morgan fingerprint density at radius 3 is 2.63 bits per heavy atom. The summed E-state index contributed by atoms with van der Waals surface area (Å²) in [5.74, 6) is 0.444. The SMILES string of the molecule is CCCC[C@@H](CC)CN1C(=O)/C(=C/c2cn(-c3ccccc3)nc2-c2ccc(OC)c([N+](=O)[O-])c2)SC1=S. The Balaban J connectivity index is 1.74. The summed E-state index contributed by atoms with van der Waals surface area (Å²) in [5, 5.41) is 16.4. The summed E-state index contributed by atoms with van der Waals surface area (Å²) in [7, 11) is 1.39. The molecule has 1 aromatic heterocycles. The lowest BCUT2D eigenvalue weighted by Crippen LogP contribution is -2.33. The number of nitro groups is 1. The maximum Gasteiger partial charge on any atom is 0.311 e. The van der Waals surface area contributed by atoms with E-state index < -0.39 is 4.92 Å². The molecule has 0 bridgehead atoms. The van der Waals surface area contributed by atoms with E-state index in [0.717, 1.165) is 31.4 Å². The van der Waals surface area contributed by atoms with Crippen LogP contribution in [0.15, 0.2) is 59.6 Å². The second-order valence-electron chi connectivity index (χ2n) is 9.07. The first-order valence-electron chi connectivity index (χ1n) is 12.6. The second kappa shape index (κ2) is 12.4. The van der Waals surface area contributed by atoms with Crippen molar-refractivity contribution < 1.29 is 14.5 Å². The molecule has 4 rings (SSSR count). The second-order valence-corrected chi connectivity index (χ2v) is 10.7. The zero-order chi connectivity index (χ0) is 27.2. The number of nitrogens with zero attached hydrogens (tertiary/aromatic N) is 4. The van der Waals surface area contributed by atoms with E-state index in [-0.39, 0.29) is 17.3 Å². The number of methoxy groups -OCH3 is 1. The van der Waals surface area contributed by atoms with Gasteiger partial charge in [0.25, 0.3) is 5.91 Å². The number of rotatable bonds is 11. The lowest BCUT2D eigenvalue weighted by Gasteiger charge is -2.21. The summed E-state index contributed by atoms with van der Waals surface area (Å²) in [5.41, 5.74) is 2.38. The van der Waals surface area contributed by atoms with Crippen LogP contribution in [0.2, 0.25) is 0 Å². The van der Waals surface area contributed by atoms with E-state index in [0.29, 0.717) is 38.5 Å². The molecular formula is C28H30N4O4S2. The summed E-state index contributed by atoms with van der Waals surface area (Å²) in [4.78, 5) is 26.8. The molecule has 1 saturated heterocycles. The molecule has 0 aliphatic carbocycles. The van der Waals surface area contributed by atoms with Gasteiger partial charge in [0.2, 0.25) is 0 Å². The molecule has 1 fully saturated rings. The number of carbonyl (C=O) groups is 1. The van der Waals surface area contributed by atoms with Crippen LogP contribution >= 0.6 is 24.0 Å². The van der Waals surface area contributed by atoms with Gasteiger partial charge in [-0.3, -0.25) is 19.8 Å². The van der Waals surface area contributed by atoms with Gasteiger partial charge in [-0.25, -0.2) is 4.68 Å². The molecule has 10 heteroatoms. The standard InChI is InChI=1S/C28H30N4O4S2/c1-4-6-10-19(5-2)17-30-27(33)25(38-28(30)37)16-21-18-31(22-11-8-7-9-12-22)29-26(21)20-13-14-24(36-3)23(15-20)32(34)35/h7-9,11-16,18-19H,4-6,10,17H2,1-3H3/b25-16-/t19-/m1/s1. The first-order valence-corrected chi connectivity index (χ1v) is 13.8. The maximum atomic E-state index is 13.4. The van der Waals surface area contributed by atoms with Crippen LogP contribution < -0.4 is 4.74 Å². The van der Waals surface area contributed by atoms with Crippen molar-refractivity contribution in [3.05, 3.63) is 75.3 Å². The minimum atomic E-state index is -0.482. The van der Waals surface area contributed by atoms with Crippen LogP contribution in [0.5, 0.6) is 5.75 Å². The van der Waals surface area contributed by atoms with E-state index in [1.54, 1.807) is 27.8 Å². The largest absolute Gasteiger partial charge is 0.490 e. The van der Waals surface area contributed by atoms with Gasteiger partial charge in [-0.1, -0.05) is 75.3 Å². The fourth-order valence-corrected chi connectivity index (χ4v) is 5.65. The van der Waals surface area contributed by atoms with E-state index in [1.165, 1.54) is 24.9 Å². The number of carbonyl (C=O) groups excluding carboxylic acids is 1. The molecule has 1 atom stereocenters. The number of thiocarbonyl (C=S) groups is 1. The van der Waals surface area contributed by atoms with Crippen molar-refractivity contribution in [1.29, 1.82) is 0 Å². The topological polar surface area (TPSA) is 90.5 Å². The van der Waals surface area contributed by atoms with E-state index in [2.05, 4.69) is 13.8 Å². The fraction of sp³-hybridized carbons (Fsp3) is 0.321. The van der Waals surface area contributed by atoms with Crippen molar-refractivity contribution in [3.8, 4) is 22.7 Å². The molecule has 3 aromatic rings. The van der Waals surface area contributed by atoms with Gasteiger partial charge >= 0.3 is 5.69 Å². The molecule has 1 amide bonds. The number of thioether (sulfide) groups is 1. The van der Waals surface area contributed by atoms with Crippen molar-refractivity contribution in [2.75, 3.05) is 13.7 Å². The lowest BCUT2D eigenvalue weighted by molar-refractivity contribution is -0.385. The number of para-hydroxylation sites is 1. The number of aromatic nitrogens is 2. The molecule has 2 aromatic carbocycles. The molecule has 2 heterocycles. The molecule has 38 heavy (non-hydrogen) atoms. The van der Waals surface area contributed by atoms with Crippen molar-refractivity contribution in [1.82, 2.24) is 14.7 Å². The van der Waals surface area contributed by atoms with E-state index in [9.17, 15) is 14.9 Å². The number of benzene rings is 2. The number of hydrogen-bond acceptors (Lipinski definition) is 7. The Hall–Kier alpha value is -3.50. The predicted octanol–water partition coefficient (Wildman–Crippen LogP) is 6.87. The summed E-state index contributed by atoms with van der Waals surface area (Å²) in [6, 6.07) is 14.3. The Morgan fingerprint density at radius 2 is 1.97 bits per heavy atom. The van der Waals surface area contributed by atoms with E-state index in [4.69, 9.17) is 22.1 Å². The highest BCUT2D eigenvalue weighted by molar-refractivity contribution is 8.26. The minimum Gasteiger partial charge on any atom is -0.490 e. The Kier molecular flexibility index (Phi) is 8.96. The van der Waals surface area contributed by atoms with E-state index >= 15 is 0 Å². The molecule has 0 N–H and O–H groups in total. The summed E-state index contributed by atoms with van der Waals surface area (Å²) < 4.78 is 7.42. The molecule has 0 saturated carbocycles. The summed E-state index contributed by atoms with van der Waals surface area (Å²) >= 11 is 6.87. The predicted molar refractivity (Wildman–Crippen MR) is 155 cm³/mol. The first kappa shape index (κ1) is 27.5. The highest BCUT2D eigenvalue weighted by Crippen LogP contribution is 2.37. The van der Waals surface area contributed by atoms with Gasteiger partial charge in [0.05, 0.1) is 22.6 Å². The van der Waals surface area contributed by atoms with Crippen LogP contribution in [0.1, 0.15) is 45.1 Å². The highest BCUT2D eigenvalue weighted by Gasteiger charge is 2.33. The van der Waals surface area contributed by atoms with Crippen LogP contribution in [0.25, 0.3) is 23.0 Å². The molecule has 0 unspecified atom stereocenters. The van der Waals surface area contributed by atoms with Crippen LogP contribution in [-0.4, -0.2) is 43.5 Å². The number of hydrogen-bond donors (Lipinski definition) is 0. The quantitative estimate of drug-likeness (QED) is 0.111. The Labute approximate surface area is 231 Å². The van der Waals surface area contributed by atoms with Crippen LogP contribution in [0.3, 0.4) is 0 Å². The normalized spacial score (nSPS) is 15.3. The number of nitro benzene ring substituents is 1. The molecule has 1 aliphatic rings.